The number of hydrogen-bond donors (Lipinski definition) is 1. The van der Waals surface area contributed by atoms with Gasteiger partial charge in [-0.2, -0.15) is 11.8 Å². The van der Waals surface area contributed by atoms with Crippen LogP contribution in [0.5, 0.6) is 0 Å². The molecule has 0 aliphatic carbocycles. The minimum Gasteiger partial charge on any atom is -0.355 e. The van der Waals surface area contributed by atoms with E-state index in [2.05, 4.69) is 19.2 Å². The topological polar surface area (TPSA) is 29.1 Å². The summed E-state index contributed by atoms with van der Waals surface area (Å²) in [6, 6.07) is 0. The first-order valence-corrected chi connectivity index (χ1v) is 7.81. The first-order valence-electron chi connectivity index (χ1n) is 6.65. The molecule has 0 aromatic carbocycles. The van der Waals surface area contributed by atoms with Gasteiger partial charge in [0.1, 0.15) is 0 Å². The minimum atomic E-state index is 0.201. The van der Waals surface area contributed by atoms with Gasteiger partial charge in [-0.1, -0.05) is 46.0 Å². The summed E-state index contributed by atoms with van der Waals surface area (Å²) in [5.41, 5.74) is 0. The summed E-state index contributed by atoms with van der Waals surface area (Å²) in [5.74, 6) is 1.92. The van der Waals surface area contributed by atoms with Gasteiger partial charge in [0.15, 0.2) is 0 Å². The Labute approximate surface area is 105 Å². The molecule has 0 saturated carbocycles. The molecule has 0 bridgehead atoms. The predicted molar refractivity (Wildman–Crippen MR) is 74.0 cm³/mol. The van der Waals surface area contributed by atoms with E-state index >= 15 is 0 Å². The van der Waals surface area contributed by atoms with E-state index in [1.54, 1.807) is 11.8 Å². The zero-order valence-corrected chi connectivity index (χ0v) is 11.7. The van der Waals surface area contributed by atoms with Gasteiger partial charge >= 0.3 is 0 Å². The summed E-state index contributed by atoms with van der Waals surface area (Å²) >= 11 is 1.72. The van der Waals surface area contributed by atoms with Crippen LogP contribution in [0.2, 0.25) is 0 Å². The van der Waals surface area contributed by atoms with Crippen LogP contribution in [0, 0.1) is 0 Å². The van der Waals surface area contributed by atoms with Crippen molar-refractivity contribution < 1.29 is 4.79 Å². The smallest absolute Gasteiger partial charge is 0.229 e. The Hall–Kier alpha value is -0.180. The van der Waals surface area contributed by atoms with Crippen LogP contribution in [0.1, 0.15) is 58.8 Å². The number of amides is 1. The maximum Gasteiger partial charge on any atom is 0.229 e. The van der Waals surface area contributed by atoms with Crippen LogP contribution in [0.15, 0.2) is 0 Å². The molecule has 0 heterocycles. The van der Waals surface area contributed by atoms with Crippen LogP contribution >= 0.6 is 11.8 Å². The van der Waals surface area contributed by atoms with Crippen LogP contribution in [0.3, 0.4) is 0 Å². The molecule has 0 spiro atoms. The number of carbonyl (C=O) groups is 1. The molecule has 0 unspecified atom stereocenters. The van der Waals surface area contributed by atoms with E-state index in [0.29, 0.717) is 5.75 Å². The van der Waals surface area contributed by atoms with Crippen molar-refractivity contribution in [2.45, 2.75) is 58.8 Å². The Morgan fingerprint density at radius 2 is 1.69 bits per heavy atom. The molecule has 2 nitrogen and oxygen atoms in total. The quantitative estimate of drug-likeness (QED) is 0.563. The Balaban J connectivity index is 3.09. The molecule has 3 heteroatoms. The molecule has 0 rings (SSSR count). The number of thioether (sulfide) groups is 1. The van der Waals surface area contributed by atoms with Gasteiger partial charge in [0.05, 0.1) is 5.75 Å². The molecule has 0 atom stereocenters. The average Bonchev–Trinajstić information content (AvgIpc) is 2.28. The van der Waals surface area contributed by atoms with E-state index in [4.69, 9.17) is 0 Å². The molecule has 0 aliphatic rings. The SMILES string of the molecule is CCCCCCCCNC(=O)CSCCC. The summed E-state index contributed by atoms with van der Waals surface area (Å²) in [5, 5.41) is 2.97. The molecule has 0 aliphatic heterocycles. The van der Waals surface area contributed by atoms with Gasteiger partial charge in [-0.05, 0) is 18.6 Å². The lowest BCUT2D eigenvalue weighted by atomic mass is 10.1. The number of rotatable bonds is 11. The molecule has 0 aromatic heterocycles. The van der Waals surface area contributed by atoms with E-state index in [-0.39, 0.29) is 5.91 Å². The molecule has 16 heavy (non-hydrogen) atoms. The van der Waals surface area contributed by atoms with Gasteiger partial charge in [0, 0.05) is 6.54 Å². The summed E-state index contributed by atoms with van der Waals surface area (Å²) in [6.07, 6.45) is 8.84. The van der Waals surface area contributed by atoms with E-state index in [1.165, 1.54) is 32.1 Å². The second kappa shape index (κ2) is 12.9. The third-order valence-corrected chi connectivity index (χ3v) is 3.60. The highest BCUT2D eigenvalue weighted by Crippen LogP contribution is 2.04. The minimum absolute atomic E-state index is 0.201. The van der Waals surface area contributed by atoms with Crippen molar-refractivity contribution in [3.63, 3.8) is 0 Å². The predicted octanol–water partition coefficient (Wildman–Crippen LogP) is 3.61. The first-order chi connectivity index (χ1) is 7.81. The first kappa shape index (κ1) is 15.8. The molecule has 1 N–H and O–H groups in total. The number of hydrogen-bond acceptors (Lipinski definition) is 2. The molecule has 0 aromatic rings. The second-order valence-electron chi connectivity index (χ2n) is 4.17. The van der Waals surface area contributed by atoms with E-state index < -0.39 is 0 Å². The second-order valence-corrected chi connectivity index (χ2v) is 5.28. The molecule has 1 amide bonds. The molecule has 0 fully saturated rings. The zero-order chi connectivity index (χ0) is 12.1. The number of carbonyl (C=O) groups excluding carboxylic acids is 1. The van der Waals surface area contributed by atoms with E-state index in [1.807, 2.05) is 0 Å². The summed E-state index contributed by atoms with van der Waals surface area (Å²) in [4.78, 5) is 11.3. The van der Waals surface area contributed by atoms with Crippen LogP contribution in [0.4, 0.5) is 0 Å². The summed E-state index contributed by atoms with van der Waals surface area (Å²) in [6.45, 7) is 5.23. The number of unbranched alkanes of at least 4 members (excludes halogenated alkanes) is 5. The van der Waals surface area contributed by atoms with Crippen molar-refractivity contribution in [2.24, 2.45) is 0 Å². The fourth-order valence-corrected chi connectivity index (χ4v) is 2.21. The Morgan fingerprint density at radius 1 is 1.00 bits per heavy atom. The highest BCUT2D eigenvalue weighted by molar-refractivity contribution is 7.99. The zero-order valence-electron chi connectivity index (χ0n) is 10.9. The third-order valence-electron chi connectivity index (χ3n) is 2.43. The maximum atomic E-state index is 11.3. The standard InChI is InChI=1S/C13H27NOS/c1-3-5-6-7-8-9-10-14-13(15)12-16-11-4-2/h3-12H2,1-2H3,(H,14,15). The molecule has 0 saturated heterocycles. The maximum absolute atomic E-state index is 11.3. The largest absolute Gasteiger partial charge is 0.355 e. The van der Waals surface area contributed by atoms with Gasteiger partial charge in [0.2, 0.25) is 5.91 Å². The highest BCUT2D eigenvalue weighted by atomic mass is 32.2. The normalized spacial score (nSPS) is 10.4. The Morgan fingerprint density at radius 3 is 2.38 bits per heavy atom. The third kappa shape index (κ3) is 11.9. The van der Waals surface area contributed by atoms with Gasteiger partial charge < -0.3 is 5.32 Å². The summed E-state index contributed by atoms with van der Waals surface area (Å²) < 4.78 is 0. The molecular formula is C13H27NOS. The van der Waals surface area contributed by atoms with Crippen molar-refractivity contribution in [1.82, 2.24) is 5.32 Å². The van der Waals surface area contributed by atoms with Gasteiger partial charge in [-0.3, -0.25) is 4.79 Å². The fourth-order valence-electron chi connectivity index (χ4n) is 1.49. The van der Waals surface area contributed by atoms with E-state index in [0.717, 1.165) is 25.1 Å². The Kier molecular flexibility index (Phi) is 12.7. The van der Waals surface area contributed by atoms with Crippen LogP contribution in [-0.4, -0.2) is 24.0 Å². The van der Waals surface area contributed by atoms with Gasteiger partial charge in [-0.15, -0.1) is 0 Å². The lowest BCUT2D eigenvalue weighted by Gasteiger charge is -2.04. The molecular weight excluding hydrogens is 218 g/mol. The van der Waals surface area contributed by atoms with Crippen molar-refractivity contribution in [1.29, 1.82) is 0 Å². The molecule has 0 radical (unpaired) electrons. The van der Waals surface area contributed by atoms with Crippen molar-refractivity contribution in [3.8, 4) is 0 Å². The van der Waals surface area contributed by atoms with Crippen molar-refractivity contribution >= 4 is 17.7 Å². The lowest BCUT2D eigenvalue weighted by Crippen LogP contribution is -2.26. The van der Waals surface area contributed by atoms with Gasteiger partial charge in [0.25, 0.3) is 0 Å². The van der Waals surface area contributed by atoms with Crippen LogP contribution in [0.25, 0.3) is 0 Å². The lowest BCUT2D eigenvalue weighted by molar-refractivity contribution is -0.118. The average molecular weight is 245 g/mol. The van der Waals surface area contributed by atoms with Crippen LogP contribution in [-0.2, 0) is 4.79 Å². The van der Waals surface area contributed by atoms with Crippen molar-refractivity contribution in [2.75, 3.05) is 18.1 Å². The van der Waals surface area contributed by atoms with Gasteiger partial charge in [-0.25, -0.2) is 0 Å². The monoisotopic (exact) mass is 245 g/mol. The summed E-state index contributed by atoms with van der Waals surface area (Å²) in [7, 11) is 0. The highest BCUT2D eigenvalue weighted by Gasteiger charge is 1.99. The Bertz CT molecular complexity index is 162. The number of nitrogens with one attached hydrogen (secondary N) is 1. The van der Waals surface area contributed by atoms with Crippen LogP contribution < -0.4 is 5.32 Å². The van der Waals surface area contributed by atoms with Crippen molar-refractivity contribution in [3.05, 3.63) is 0 Å². The molecule has 96 valence electrons. The fraction of sp³-hybridized carbons (Fsp3) is 0.923. The van der Waals surface area contributed by atoms with E-state index in [9.17, 15) is 4.79 Å².